The van der Waals surface area contributed by atoms with Gasteiger partial charge in [-0.25, -0.2) is 0 Å². The van der Waals surface area contributed by atoms with Crippen molar-refractivity contribution in [2.75, 3.05) is 33.8 Å². The van der Waals surface area contributed by atoms with Crippen LogP contribution in [0.4, 0.5) is 0 Å². The number of aliphatic hydroxyl groups is 1. The Bertz CT molecular complexity index is 170. The van der Waals surface area contributed by atoms with E-state index in [2.05, 4.69) is 15.2 Å². The summed E-state index contributed by atoms with van der Waals surface area (Å²) >= 11 is 0. The van der Waals surface area contributed by atoms with Crippen molar-refractivity contribution in [1.29, 1.82) is 0 Å². The Morgan fingerprint density at radius 2 is 2.50 bits per heavy atom. The predicted octanol–water partition coefficient (Wildman–Crippen LogP) is -0.494. The Labute approximate surface area is 73.3 Å². The summed E-state index contributed by atoms with van der Waals surface area (Å²) in [5.74, 6) is 1.35. The van der Waals surface area contributed by atoms with Crippen LogP contribution in [-0.2, 0) is 0 Å². The third-order valence-electron chi connectivity index (χ3n) is 2.28. The monoisotopic (exact) mass is 171 g/mol. The quantitative estimate of drug-likeness (QED) is 0.413. The van der Waals surface area contributed by atoms with Crippen LogP contribution in [0.1, 0.15) is 6.42 Å². The maximum absolute atomic E-state index is 8.92. The zero-order valence-electron chi connectivity index (χ0n) is 7.75. The summed E-state index contributed by atoms with van der Waals surface area (Å²) in [6.45, 7) is 2.21. The van der Waals surface area contributed by atoms with Gasteiger partial charge in [0.2, 0.25) is 0 Å². The van der Waals surface area contributed by atoms with Crippen molar-refractivity contribution in [3.63, 3.8) is 0 Å². The molecule has 1 saturated heterocycles. The summed E-state index contributed by atoms with van der Waals surface area (Å²) in [6, 6.07) is 0. The molecule has 70 valence electrons. The highest BCUT2D eigenvalue weighted by Gasteiger charge is 2.23. The molecule has 0 unspecified atom stereocenters. The van der Waals surface area contributed by atoms with Crippen LogP contribution in [0.3, 0.4) is 0 Å². The zero-order chi connectivity index (χ0) is 8.97. The average molecular weight is 171 g/mol. The van der Waals surface area contributed by atoms with Gasteiger partial charge in [0.15, 0.2) is 5.96 Å². The lowest BCUT2D eigenvalue weighted by atomic mass is 10.1. The molecule has 0 spiro atoms. The molecule has 0 radical (unpaired) electrons. The highest BCUT2D eigenvalue weighted by Crippen LogP contribution is 2.14. The van der Waals surface area contributed by atoms with Gasteiger partial charge in [0.05, 0.1) is 0 Å². The Balaban J connectivity index is 2.45. The van der Waals surface area contributed by atoms with Crippen LogP contribution < -0.4 is 5.32 Å². The fourth-order valence-electron chi connectivity index (χ4n) is 1.59. The molecule has 1 atom stereocenters. The van der Waals surface area contributed by atoms with Crippen LogP contribution in [0.5, 0.6) is 0 Å². The topological polar surface area (TPSA) is 47.9 Å². The number of aliphatic imine (C=N–C) groups is 1. The van der Waals surface area contributed by atoms with E-state index in [-0.39, 0.29) is 6.61 Å². The number of nitrogens with zero attached hydrogens (tertiary/aromatic N) is 2. The lowest BCUT2D eigenvalue weighted by Gasteiger charge is -2.19. The molecule has 0 aromatic carbocycles. The SMILES string of the molecule is C/N=C(\NC)N1CC[C@H](CO)C1. The van der Waals surface area contributed by atoms with Crippen molar-refractivity contribution in [3.05, 3.63) is 0 Å². The molecule has 0 aromatic heterocycles. The highest BCUT2D eigenvalue weighted by atomic mass is 16.3. The van der Waals surface area contributed by atoms with Gasteiger partial charge in [-0.1, -0.05) is 0 Å². The summed E-state index contributed by atoms with van der Waals surface area (Å²) in [5.41, 5.74) is 0. The van der Waals surface area contributed by atoms with E-state index in [1.807, 2.05) is 7.05 Å². The van der Waals surface area contributed by atoms with E-state index in [4.69, 9.17) is 5.11 Å². The minimum atomic E-state index is 0.289. The van der Waals surface area contributed by atoms with Crippen molar-refractivity contribution in [1.82, 2.24) is 10.2 Å². The number of hydrogen-bond acceptors (Lipinski definition) is 2. The largest absolute Gasteiger partial charge is 0.396 e. The lowest BCUT2D eigenvalue weighted by molar-refractivity contribution is 0.232. The number of rotatable bonds is 1. The molecule has 4 heteroatoms. The second-order valence-corrected chi connectivity index (χ2v) is 3.08. The average Bonchev–Trinajstić information content (AvgIpc) is 2.55. The molecular formula is C8H17N3O. The van der Waals surface area contributed by atoms with Gasteiger partial charge in [0.1, 0.15) is 0 Å². The van der Waals surface area contributed by atoms with Crippen molar-refractivity contribution in [3.8, 4) is 0 Å². The van der Waals surface area contributed by atoms with Crippen LogP contribution in [0, 0.1) is 5.92 Å². The number of likely N-dealkylation sites (tertiary alicyclic amines) is 1. The van der Waals surface area contributed by atoms with Gasteiger partial charge in [-0.15, -0.1) is 0 Å². The van der Waals surface area contributed by atoms with Gasteiger partial charge in [-0.2, -0.15) is 0 Å². The van der Waals surface area contributed by atoms with Gasteiger partial charge >= 0.3 is 0 Å². The fraction of sp³-hybridized carbons (Fsp3) is 0.875. The maximum Gasteiger partial charge on any atom is 0.193 e. The molecule has 0 aliphatic carbocycles. The van der Waals surface area contributed by atoms with Crippen molar-refractivity contribution in [2.45, 2.75) is 6.42 Å². The second-order valence-electron chi connectivity index (χ2n) is 3.08. The minimum absolute atomic E-state index is 0.289. The van der Waals surface area contributed by atoms with Gasteiger partial charge in [-0.3, -0.25) is 4.99 Å². The molecule has 0 amide bonds. The Kier molecular flexibility index (Phi) is 3.34. The Morgan fingerprint density at radius 3 is 2.92 bits per heavy atom. The van der Waals surface area contributed by atoms with Crippen molar-refractivity contribution < 1.29 is 5.11 Å². The van der Waals surface area contributed by atoms with E-state index in [9.17, 15) is 0 Å². The molecule has 1 heterocycles. The minimum Gasteiger partial charge on any atom is -0.396 e. The molecule has 1 aliphatic heterocycles. The molecule has 0 saturated carbocycles. The number of nitrogens with one attached hydrogen (secondary N) is 1. The molecule has 4 nitrogen and oxygen atoms in total. The Hall–Kier alpha value is -0.770. The van der Waals surface area contributed by atoms with E-state index in [0.717, 1.165) is 25.5 Å². The number of guanidine groups is 1. The highest BCUT2D eigenvalue weighted by molar-refractivity contribution is 5.79. The molecule has 2 N–H and O–H groups in total. The van der Waals surface area contributed by atoms with Crippen LogP contribution in [-0.4, -0.2) is 49.8 Å². The summed E-state index contributed by atoms with van der Waals surface area (Å²) in [7, 11) is 3.65. The third-order valence-corrected chi connectivity index (χ3v) is 2.28. The first-order chi connectivity index (χ1) is 5.81. The first-order valence-electron chi connectivity index (χ1n) is 4.32. The summed E-state index contributed by atoms with van der Waals surface area (Å²) in [5, 5.41) is 12.0. The lowest BCUT2D eigenvalue weighted by Crippen LogP contribution is -2.38. The van der Waals surface area contributed by atoms with Gasteiger partial charge in [0, 0.05) is 39.7 Å². The van der Waals surface area contributed by atoms with E-state index in [1.165, 1.54) is 0 Å². The van der Waals surface area contributed by atoms with Crippen LogP contribution in [0.15, 0.2) is 4.99 Å². The van der Waals surface area contributed by atoms with E-state index < -0.39 is 0 Å². The zero-order valence-corrected chi connectivity index (χ0v) is 7.75. The number of hydrogen-bond donors (Lipinski definition) is 2. The molecule has 12 heavy (non-hydrogen) atoms. The van der Waals surface area contributed by atoms with E-state index in [1.54, 1.807) is 7.05 Å². The smallest absolute Gasteiger partial charge is 0.193 e. The molecular weight excluding hydrogens is 154 g/mol. The molecule has 1 fully saturated rings. The summed E-state index contributed by atoms with van der Waals surface area (Å²) in [6.07, 6.45) is 1.07. The standard InChI is InChI=1S/C8H17N3O/c1-9-8(10-2)11-4-3-7(5-11)6-12/h7,12H,3-6H2,1-2H3,(H,9,10)/t7-/m0/s1. The first-order valence-corrected chi connectivity index (χ1v) is 4.32. The van der Waals surface area contributed by atoms with Crippen LogP contribution in [0.25, 0.3) is 0 Å². The maximum atomic E-state index is 8.92. The van der Waals surface area contributed by atoms with Gasteiger partial charge in [-0.05, 0) is 6.42 Å². The van der Waals surface area contributed by atoms with Crippen LogP contribution in [0.2, 0.25) is 0 Å². The normalized spacial score (nSPS) is 24.8. The molecule has 0 bridgehead atoms. The van der Waals surface area contributed by atoms with Crippen molar-refractivity contribution >= 4 is 5.96 Å². The molecule has 1 aliphatic rings. The summed E-state index contributed by atoms with van der Waals surface area (Å²) < 4.78 is 0. The van der Waals surface area contributed by atoms with Gasteiger partial charge < -0.3 is 15.3 Å². The molecule has 0 aromatic rings. The van der Waals surface area contributed by atoms with Crippen LogP contribution >= 0.6 is 0 Å². The first kappa shape index (κ1) is 9.32. The van der Waals surface area contributed by atoms with E-state index in [0.29, 0.717) is 5.92 Å². The fourth-order valence-corrected chi connectivity index (χ4v) is 1.59. The van der Waals surface area contributed by atoms with Crippen molar-refractivity contribution in [2.24, 2.45) is 10.9 Å². The second kappa shape index (κ2) is 4.30. The molecule has 1 rings (SSSR count). The van der Waals surface area contributed by atoms with Gasteiger partial charge in [0.25, 0.3) is 0 Å². The summed E-state index contributed by atoms with van der Waals surface area (Å²) in [4.78, 5) is 6.27. The predicted molar refractivity (Wildman–Crippen MR) is 49.2 cm³/mol. The third kappa shape index (κ3) is 1.88. The Morgan fingerprint density at radius 1 is 1.75 bits per heavy atom. The number of aliphatic hydroxyl groups excluding tert-OH is 1. The van der Waals surface area contributed by atoms with E-state index >= 15 is 0 Å².